The van der Waals surface area contributed by atoms with Crippen molar-refractivity contribution in [1.29, 1.82) is 0 Å². The monoisotopic (exact) mass is 690 g/mol. The first-order valence-corrected chi connectivity index (χ1v) is 17.6. The second kappa shape index (κ2) is 13.4. The predicted octanol–water partition coefficient (Wildman–Crippen LogP) is -8.97. The van der Waals surface area contributed by atoms with Gasteiger partial charge in [0.05, 0.1) is 0 Å². The van der Waals surface area contributed by atoms with E-state index in [-0.39, 0.29) is 136 Å². The van der Waals surface area contributed by atoms with E-state index >= 15 is 0 Å². The molecule has 0 fully saturated rings. The van der Waals surface area contributed by atoms with Crippen LogP contribution in [0.4, 0.5) is 0 Å². The van der Waals surface area contributed by atoms with Gasteiger partial charge in [-0.25, -0.2) is 0 Å². The Morgan fingerprint density at radius 3 is 1.10 bits per heavy atom. The fraction of sp³-hybridized carbons (Fsp3) is 0. The fourth-order valence-electron chi connectivity index (χ4n) is 8.70. The molecule has 1 nitrogen and oxygen atoms in total. The number of hydrogen-bond acceptors (Lipinski definition) is 1. The Morgan fingerprint density at radius 2 is 0.603 bits per heavy atom. The van der Waals surface area contributed by atoms with Crippen LogP contribution < -0.4 is 92.9 Å². The number of para-hydroxylation sites is 1. The summed E-state index contributed by atoms with van der Waals surface area (Å²) in [5, 5.41) is 3.42. The molecule has 1 heterocycles. The molecule has 0 aliphatic heterocycles. The van der Waals surface area contributed by atoms with E-state index in [9.17, 15) is 0 Å². The minimum atomic E-state index is -0.0659. The zero-order chi connectivity index (χ0) is 41.7. The van der Waals surface area contributed by atoms with Gasteiger partial charge in [-0.3, -0.25) is 0 Å². The molecule has 1 aromatic heterocycles. The molecule has 0 N–H and O–H groups in total. The van der Waals surface area contributed by atoms with Crippen molar-refractivity contribution in [3.05, 3.63) is 42.5 Å². The number of benzene rings is 8. The summed E-state index contributed by atoms with van der Waals surface area (Å²) < 4.78 is 6.29. The van der Waals surface area contributed by atoms with Gasteiger partial charge in [0, 0.05) is 10.8 Å². The molecule has 0 saturated carbocycles. The Balaban J connectivity index is 1.62. The maximum atomic E-state index is 7.24. The molecular formula is C40H7B17O. The van der Waals surface area contributed by atoms with E-state index in [1.54, 1.807) is 0 Å². The van der Waals surface area contributed by atoms with Gasteiger partial charge in [-0.2, -0.15) is 0 Å². The Labute approximate surface area is 358 Å². The highest BCUT2D eigenvalue weighted by molar-refractivity contribution is 6.76. The van der Waals surface area contributed by atoms with E-state index in [1.807, 2.05) is 42.5 Å². The van der Waals surface area contributed by atoms with Crippen LogP contribution in [0.1, 0.15) is 0 Å². The highest BCUT2D eigenvalue weighted by Crippen LogP contribution is 2.44. The minimum Gasteiger partial charge on any atom is -0.456 e. The van der Waals surface area contributed by atoms with Crippen molar-refractivity contribution < 1.29 is 4.42 Å². The first kappa shape index (κ1) is 39.2. The predicted molar refractivity (Wildman–Crippen MR) is 266 cm³/mol. The smallest absolute Gasteiger partial charge is 0.136 e. The third-order valence-electron chi connectivity index (χ3n) is 11.6. The number of furan rings is 1. The Morgan fingerprint density at radius 1 is 0.241 bits per heavy atom. The summed E-state index contributed by atoms with van der Waals surface area (Å²) in [6.45, 7) is 0. The highest BCUT2D eigenvalue weighted by atomic mass is 16.3. The summed E-state index contributed by atoms with van der Waals surface area (Å²) in [5.74, 6) is 0. The molecule has 0 amide bonds. The normalized spacial score (nSPS) is 11.9. The molecule has 18 heteroatoms. The van der Waals surface area contributed by atoms with Crippen molar-refractivity contribution in [3.63, 3.8) is 0 Å². The summed E-state index contributed by atoms with van der Waals surface area (Å²) in [6.07, 6.45) is 0. The molecule has 0 atom stereocenters. The number of fused-ring (bicyclic) bond motifs is 8. The van der Waals surface area contributed by atoms with Crippen LogP contribution in [-0.4, -0.2) is 133 Å². The molecule has 224 valence electrons. The molecule has 58 heavy (non-hydrogen) atoms. The molecule has 9 aromatic rings. The fourth-order valence-corrected chi connectivity index (χ4v) is 8.70. The quantitative estimate of drug-likeness (QED) is 0.100. The molecule has 0 spiro atoms. The summed E-state index contributed by atoms with van der Waals surface area (Å²) >= 11 is 0. The van der Waals surface area contributed by atoms with E-state index < -0.39 is 0 Å². The van der Waals surface area contributed by atoms with Crippen molar-refractivity contribution in [1.82, 2.24) is 0 Å². The molecule has 8 aromatic carbocycles. The number of rotatable bonds is 2. The molecule has 0 unspecified atom stereocenters. The van der Waals surface area contributed by atoms with Gasteiger partial charge in [-0.05, 0) is 77.5 Å². The Hall–Kier alpha value is -4.30. The lowest BCUT2D eigenvalue weighted by atomic mass is 9.56. The molecule has 34 radical (unpaired) electrons. The van der Waals surface area contributed by atoms with Crippen molar-refractivity contribution in [3.8, 4) is 22.3 Å². The average molecular weight is 687 g/mol. The van der Waals surface area contributed by atoms with Crippen LogP contribution in [0.3, 0.4) is 0 Å². The Kier molecular flexibility index (Phi) is 9.02. The lowest BCUT2D eigenvalue weighted by Crippen LogP contribution is -2.51. The van der Waals surface area contributed by atoms with Gasteiger partial charge < -0.3 is 4.42 Å². The van der Waals surface area contributed by atoms with Crippen molar-refractivity contribution in [2.75, 3.05) is 0 Å². The zero-order valence-electron chi connectivity index (χ0n) is 30.8. The molecular weight excluding hydrogens is 680 g/mol. The molecule has 0 aliphatic carbocycles. The lowest BCUT2D eigenvalue weighted by Gasteiger charge is -2.32. The number of hydrogen-bond donors (Lipinski definition) is 0. The highest BCUT2D eigenvalue weighted by Gasteiger charge is 2.29. The van der Waals surface area contributed by atoms with Gasteiger partial charge in [0.1, 0.15) is 145 Å². The SMILES string of the molecule is [B]c1c([B])c([B])c2c(-c3cccc4oc5ccccc5c34)c3c([B])c([B])c([B])c([B])c3c(-c3c([B])c([B])c4c(c3[B])c([B])c([B])c3c([B])c([B])c([B])c([B])c34)c2c1[B]. The topological polar surface area (TPSA) is 13.1 Å². The van der Waals surface area contributed by atoms with E-state index in [4.69, 9.17) is 138 Å². The molecule has 0 bridgehead atoms. The maximum Gasteiger partial charge on any atom is 0.136 e. The second-order valence-corrected chi connectivity index (χ2v) is 14.4. The molecule has 0 saturated heterocycles. The first-order valence-electron chi connectivity index (χ1n) is 17.6. The van der Waals surface area contributed by atoms with Gasteiger partial charge >= 0.3 is 0 Å². The lowest BCUT2D eigenvalue weighted by molar-refractivity contribution is 0.669. The average Bonchev–Trinajstić information content (AvgIpc) is 3.60. The van der Waals surface area contributed by atoms with E-state index in [0.717, 1.165) is 10.8 Å². The molecule has 0 aliphatic rings. The van der Waals surface area contributed by atoms with Crippen LogP contribution in [0.15, 0.2) is 46.9 Å². The summed E-state index contributed by atoms with van der Waals surface area (Å²) in [7, 11) is 115. The van der Waals surface area contributed by atoms with Crippen LogP contribution in [0.2, 0.25) is 0 Å². The van der Waals surface area contributed by atoms with Crippen LogP contribution in [0, 0.1) is 0 Å². The van der Waals surface area contributed by atoms with Crippen molar-refractivity contribution in [2.24, 2.45) is 0 Å². The summed E-state index contributed by atoms with van der Waals surface area (Å²) in [6, 6.07) is 13.1. The minimum absolute atomic E-state index is 0.00109. The summed E-state index contributed by atoms with van der Waals surface area (Å²) in [4.78, 5) is 0. The van der Waals surface area contributed by atoms with Gasteiger partial charge in [0.15, 0.2) is 0 Å². The van der Waals surface area contributed by atoms with Crippen molar-refractivity contribution >= 4 is 291 Å². The van der Waals surface area contributed by atoms with E-state index in [1.165, 1.54) is 0 Å². The van der Waals surface area contributed by atoms with Crippen LogP contribution in [0.25, 0.3) is 87.3 Å². The Bertz CT molecular complexity index is 3340. The van der Waals surface area contributed by atoms with Crippen molar-refractivity contribution in [2.45, 2.75) is 0 Å². The van der Waals surface area contributed by atoms with Crippen LogP contribution >= 0.6 is 0 Å². The third kappa shape index (κ3) is 4.90. The van der Waals surface area contributed by atoms with E-state index in [0.29, 0.717) is 33.1 Å². The summed E-state index contributed by atoms with van der Waals surface area (Å²) in [5.41, 5.74) is 2.52. The second-order valence-electron chi connectivity index (χ2n) is 14.4. The maximum absolute atomic E-state index is 7.24. The molecule has 9 rings (SSSR count). The van der Waals surface area contributed by atoms with Gasteiger partial charge in [0.2, 0.25) is 0 Å². The van der Waals surface area contributed by atoms with Gasteiger partial charge in [0.25, 0.3) is 0 Å². The van der Waals surface area contributed by atoms with Gasteiger partial charge in [-0.15, -0.1) is 32.8 Å². The third-order valence-corrected chi connectivity index (χ3v) is 11.6. The standard InChI is InChI=1S/C40H7B17O/c41-24-21(31(48)25(42)19-20-23(33(50)32(49)22(19)24)34(51)40(57)39(56)30(20)47)14-17-15(26(43)35(52)37(54)28(17)45)13(16-18(14)29(46)38(55)36(53)27(16)44)9-5-3-7-11-12(9)8-4-1-2-6-10(8)58-11/h1-7H. The zero-order valence-corrected chi connectivity index (χ0v) is 30.8. The van der Waals surface area contributed by atoms with E-state index in [2.05, 4.69) is 0 Å². The van der Waals surface area contributed by atoms with Gasteiger partial charge in [-0.1, -0.05) is 90.4 Å². The first-order chi connectivity index (χ1) is 27.4. The van der Waals surface area contributed by atoms with Crippen LogP contribution in [-0.2, 0) is 0 Å². The largest absolute Gasteiger partial charge is 0.456 e. The van der Waals surface area contributed by atoms with Crippen LogP contribution in [0.5, 0.6) is 0 Å².